The Kier molecular flexibility index (Phi) is 8.97. The molecule has 0 bridgehead atoms. The standard InChI is InChI=1S/C14H10F18NO4S/c1-3-6(34)37-5-4-33(2,32)38(35,36)14(30,31)12(25,26)10(21,22)8(17,18)7(15,16)9(19,20)11(23,24)13(27,28)29/h3H,1,4-5H2,2H3/q+1. The van der Waals surface area contributed by atoms with Crippen LogP contribution >= 0.6 is 0 Å². The Morgan fingerprint density at radius 1 is 0.711 bits per heavy atom. The van der Waals surface area contributed by atoms with Gasteiger partial charge in [-0.15, -0.1) is 0 Å². The molecule has 0 saturated heterocycles. The lowest BCUT2D eigenvalue weighted by Gasteiger charge is -2.42. The Labute approximate surface area is 198 Å². The Morgan fingerprint density at radius 2 is 1.03 bits per heavy atom. The molecule has 0 amide bonds. The van der Waals surface area contributed by atoms with Crippen LogP contribution in [0.2, 0.25) is 0 Å². The highest BCUT2D eigenvalue weighted by molar-refractivity contribution is 7.87. The van der Waals surface area contributed by atoms with Gasteiger partial charge in [-0.1, -0.05) is 6.58 Å². The van der Waals surface area contributed by atoms with Crippen molar-refractivity contribution in [1.29, 1.82) is 0 Å². The molecular weight excluding hydrogens is 620 g/mol. The summed E-state index contributed by atoms with van der Waals surface area (Å²) in [6, 6.07) is 0. The third-order valence-corrected chi connectivity index (χ3v) is 6.51. The predicted molar refractivity (Wildman–Crippen MR) is 82.9 cm³/mol. The van der Waals surface area contributed by atoms with E-state index in [0.717, 1.165) is 0 Å². The van der Waals surface area contributed by atoms with Gasteiger partial charge in [0.1, 0.15) is 13.7 Å². The zero-order valence-electron chi connectivity index (χ0n) is 17.5. The van der Waals surface area contributed by atoms with Gasteiger partial charge >= 0.3 is 63.0 Å². The maximum atomic E-state index is 14.2. The molecule has 1 atom stereocenters. The zero-order valence-corrected chi connectivity index (χ0v) is 18.3. The normalized spacial score (nSPS) is 17.1. The Balaban J connectivity index is 6.88. The number of rotatable bonds is 12. The molecule has 38 heavy (non-hydrogen) atoms. The summed E-state index contributed by atoms with van der Waals surface area (Å²) < 4.78 is 262. The number of carbonyl (C=O) groups excluding carboxylic acids is 1. The summed E-state index contributed by atoms with van der Waals surface area (Å²) in [7, 11) is -8.80. The predicted octanol–water partition coefficient (Wildman–Crippen LogP) is 5.34. The van der Waals surface area contributed by atoms with E-state index in [-0.39, 0.29) is 6.08 Å². The first-order valence-corrected chi connectivity index (χ1v) is 9.95. The quantitative estimate of drug-likeness (QED) is 0.127. The Morgan fingerprint density at radius 3 is 1.34 bits per heavy atom. The van der Waals surface area contributed by atoms with Crippen LogP contribution in [0.5, 0.6) is 0 Å². The molecule has 0 rings (SSSR count). The van der Waals surface area contributed by atoms with Crippen molar-refractivity contribution < 1.29 is 101 Å². The van der Waals surface area contributed by atoms with Gasteiger partial charge in [-0.05, 0) is 4.11 Å². The average Bonchev–Trinajstić information content (AvgIpc) is 2.71. The fourth-order valence-electron chi connectivity index (χ4n) is 2.04. The molecule has 0 aliphatic heterocycles. The lowest BCUT2D eigenvalue weighted by atomic mass is 9.91. The zero-order chi connectivity index (χ0) is 31.4. The summed E-state index contributed by atoms with van der Waals surface area (Å²) in [6.45, 7) is -1.22. The molecule has 0 radical (unpaired) electrons. The molecule has 0 aliphatic rings. The molecular formula is C14H10F18NO4S+. The summed E-state index contributed by atoms with van der Waals surface area (Å²) in [5, 5.41) is -8.03. The van der Waals surface area contributed by atoms with Crippen molar-refractivity contribution >= 4 is 16.0 Å². The number of likely N-dealkylation sites (N-methyl/N-ethyl adjacent to an activating group) is 1. The maximum Gasteiger partial charge on any atom is 0.467 e. The summed E-state index contributed by atoms with van der Waals surface area (Å²) in [4.78, 5) is 10.7. The summed E-state index contributed by atoms with van der Waals surface area (Å²) in [6.07, 6.45) is -7.69. The van der Waals surface area contributed by atoms with E-state index in [4.69, 9.17) is 0 Å². The first-order valence-electron chi connectivity index (χ1n) is 8.51. The first-order chi connectivity index (χ1) is 16.2. The smallest absolute Gasteiger partial charge is 0.456 e. The van der Waals surface area contributed by atoms with Gasteiger partial charge in [-0.25, -0.2) is 4.79 Å². The second kappa shape index (κ2) is 9.50. The van der Waals surface area contributed by atoms with Crippen LogP contribution in [0.4, 0.5) is 79.1 Å². The van der Waals surface area contributed by atoms with Crippen molar-refractivity contribution in [3.63, 3.8) is 0 Å². The van der Waals surface area contributed by atoms with Gasteiger partial charge in [0.05, 0.1) is 0 Å². The van der Waals surface area contributed by atoms with Gasteiger partial charge in [0.25, 0.3) is 0 Å². The number of alkyl halides is 17. The number of quaternary nitrogens is 1. The summed E-state index contributed by atoms with van der Waals surface area (Å²) in [5.41, 5.74) is 0. The minimum Gasteiger partial charge on any atom is -0.456 e. The third-order valence-electron chi connectivity index (χ3n) is 4.42. The van der Waals surface area contributed by atoms with Crippen LogP contribution in [0.3, 0.4) is 0 Å². The van der Waals surface area contributed by atoms with E-state index in [1.807, 2.05) is 0 Å². The van der Waals surface area contributed by atoms with Crippen LogP contribution in [-0.4, -0.2) is 85.7 Å². The van der Waals surface area contributed by atoms with Crippen molar-refractivity contribution in [2.75, 3.05) is 20.2 Å². The fraction of sp³-hybridized carbons (Fsp3) is 0.786. The van der Waals surface area contributed by atoms with Crippen molar-refractivity contribution in [2.45, 2.75) is 47.0 Å². The van der Waals surface area contributed by atoms with Crippen LogP contribution in [0.15, 0.2) is 12.7 Å². The van der Waals surface area contributed by atoms with Crippen LogP contribution in [-0.2, 0) is 19.6 Å². The van der Waals surface area contributed by atoms with Crippen molar-refractivity contribution in [3.8, 4) is 0 Å². The molecule has 24 heteroatoms. The van der Waals surface area contributed by atoms with Crippen LogP contribution < -0.4 is 0 Å². The highest BCUT2D eigenvalue weighted by Crippen LogP contribution is 2.64. The largest absolute Gasteiger partial charge is 0.467 e. The van der Waals surface area contributed by atoms with Gasteiger partial charge in [-0.3, -0.25) is 0 Å². The molecule has 0 aromatic heterocycles. The molecule has 5 nitrogen and oxygen atoms in total. The number of nitrogens with zero attached hydrogens (tertiary/aromatic N) is 1. The highest BCUT2D eigenvalue weighted by Gasteiger charge is 2.97. The lowest BCUT2D eigenvalue weighted by Crippen LogP contribution is -2.75. The number of hydrogen-bond acceptors (Lipinski definition) is 4. The number of ether oxygens (including phenoxy) is 1. The number of halogens is 18. The second-order valence-electron chi connectivity index (χ2n) is 7.02. The molecule has 0 aliphatic carbocycles. The van der Waals surface area contributed by atoms with E-state index in [0.29, 0.717) is 0 Å². The number of esters is 1. The summed E-state index contributed by atoms with van der Waals surface area (Å²) >= 11 is 0. The number of sulfonamides is 1. The van der Waals surface area contributed by atoms with E-state index in [1.165, 1.54) is 0 Å². The molecule has 226 valence electrons. The van der Waals surface area contributed by atoms with Gasteiger partial charge in [0.15, 0.2) is 6.54 Å². The first kappa shape index (κ1) is 35.9. The Bertz CT molecular complexity index is 1020. The highest BCUT2D eigenvalue weighted by atomic mass is 32.2. The van der Waals surface area contributed by atoms with Crippen molar-refractivity contribution in [1.82, 2.24) is 0 Å². The minimum absolute atomic E-state index is 0.265. The molecule has 0 aromatic carbocycles. The van der Waals surface area contributed by atoms with E-state index in [9.17, 15) is 92.3 Å². The van der Waals surface area contributed by atoms with Crippen LogP contribution in [0, 0.1) is 0 Å². The van der Waals surface area contributed by atoms with Crippen molar-refractivity contribution in [3.05, 3.63) is 12.7 Å². The Hall–Kier alpha value is -2.14. The number of hydrogen-bond donors (Lipinski definition) is 0. The monoisotopic (exact) mass is 630 g/mol. The SMILES string of the molecule is C=CC(=O)OCC[N+](C)(F)S(=O)(=O)C(F)(F)C(F)(F)C(F)(F)C(F)(F)C(F)(F)C(F)(F)C(F)(F)C(F)(F)F. The molecule has 0 aromatic rings. The average molecular weight is 630 g/mol. The van der Waals surface area contributed by atoms with E-state index < -0.39 is 87.3 Å². The molecule has 0 saturated carbocycles. The summed E-state index contributed by atoms with van der Waals surface area (Å²) in [5.74, 6) is -54.3. The van der Waals surface area contributed by atoms with E-state index >= 15 is 0 Å². The molecule has 0 heterocycles. The van der Waals surface area contributed by atoms with Gasteiger partial charge < -0.3 is 4.74 Å². The topological polar surface area (TPSA) is 60.4 Å². The van der Waals surface area contributed by atoms with Crippen molar-refractivity contribution in [2.24, 2.45) is 0 Å². The lowest BCUT2D eigenvalue weighted by molar-refractivity contribution is -0.934. The molecule has 0 spiro atoms. The molecule has 0 fully saturated rings. The van der Waals surface area contributed by atoms with Crippen LogP contribution in [0.25, 0.3) is 0 Å². The number of carbonyl (C=O) groups is 1. The van der Waals surface area contributed by atoms with E-state index in [2.05, 4.69) is 11.3 Å². The van der Waals surface area contributed by atoms with Gasteiger partial charge in [0, 0.05) is 10.6 Å². The molecule has 1 unspecified atom stereocenters. The second-order valence-corrected chi connectivity index (χ2v) is 9.24. The minimum atomic E-state index is -9.03. The molecule has 0 N–H and O–H groups in total. The maximum absolute atomic E-state index is 14.2. The van der Waals surface area contributed by atoms with Crippen LogP contribution in [0.1, 0.15) is 0 Å². The third kappa shape index (κ3) is 4.74. The van der Waals surface area contributed by atoms with Gasteiger partial charge in [-0.2, -0.15) is 83.1 Å². The van der Waals surface area contributed by atoms with E-state index in [1.54, 1.807) is 0 Å². The fourth-order valence-corrected chi connectivity index (χ4v) is 3.28. The van der Waals surface area contributed by atoms with Gasteiger partial charge in [0.2, 0.25) is 0 Å².